The van der Waals surface area contributed by atoms with Crippen molar-refractivity contribution in [3.63, 3.8) is 0 Å². The molecule has 0 aromatic carbocycles. The predicted molar refractivity (Wildman–Crippen MR) is 81.1 cm³/mol. The van der Waals surface area contributed by atoms with Gasteiger partial charge in [0, 0.05) is 20.1 Å². The van der Waals surface area contributed by atoms with Crippen molar-refractivity contribution in [3.8, 4) is 0 Å². The number of rotatable bonds is 3. The number of carbonyl (C=O) groups excluding carboxylic acids is 1. The molecule has 1 saturated heterocycles. The maximum atomic E-state index is 11.4. The van der Waals surface area contributed by atoms with E-state index in [1.54, 1.807) is 18.4 Å². The number of piperidine rings is 1. The summed E-state index contributed by atoms with van der Waals surface area (Å²) >= 11 is 1.59. The van der Waals surface area contributed by atoms with E-state index in [0.717, 1.165) is 35.4 Å². The highest BCUT2D eigenvalue weighted by Crippen LogP contribution is 2.31. The van der Waals surface area contributed by atoms with Crippen LogP contribution in [0.15, 0.2) is 11.4 Å². The van der Waals surface area contributed by atoms with Gasteiger partial charge in [0.2, 0.25) is 11.9 Å². The Balaban J connectivity index is 2.00. The van der Waals surface area contributed by atoms with Crippen LogP contribution in [0, 0.1) is 5.92 Å². The largest absolute Gasteiger partial charge is 0.369 e. The highest BCUT2D eigenvalue weighted by Gasteiger charge is 2.26. The second kappa shape index (κ2) is 5.24. The molecule has 3 N–H and O–H groups in total. The molecule has 1 aliphatic rings. The number of amides is 1. The second-order valence-electron chi connectivity index (χ2n) is 4.95. The van der Waals surface area contributed by atoms with Gasteiger partial charge >= 0.3 is 0 Å². The van der Waals surface area contributed by atoms with E-state index in [2.05, 4.69) is 20.2 Å². The van der Waals surface area contributed by atoms with Gasteiger partial charge in [-0.15, -0.1) is 11.3 Å². The summed E-state index contributed by atoms with van der Waals surface area (Å²) in [4.78, 5) is 23.5. The number of hydrogen-bond donors (Lipinski definition) is 2. The monoisotopic (exact) mass is 291 g/mol. The molecule has 1 fully saturated rings. The number of primary amides is 1. The van der Waals surface area contributed by atoms with Gasteiger partial charge in [0.15, 0.2) is 0 Å². The number of anilines is 2. The molecule has 106 valence electrons. The van der Waals surface area contributed by atoms with Crippen molar-refractivity contribution in [1.29, 1.82) is 0 Å². The van der Waals surface area contributed by atoms with Gasteiger partial charge in [-0.05, 0) is 24.3 Å². The lowest BCUT2D eigenvalue weighted by Gasteiger charge is -2.32. The van der Waals surface area contributed by atoms with Crippen LogP contribution in [0.25, 0.3) is 10.2 Å². The second-order valence-corrected chi connectivity index (χ2v) is 5.84. The third-order valence-corrected chi connectivity index (χ3v) is 4.46. The molecule has 7 heteroatoms. The summed E-state index contributed by atoms with van der Waals surface area (Å²) in [6.07, 6.45) is 1.82. The smallest absolute Gasteiger partial charge is 0.225 e. The van der Waals surface area contributed by atoms with Crippen molar-refractivity contribution in [2.24, 2.45) is 11.7 Å². The topological polar surface area (TPSA) is 84.1 Å². The molecule has 3 rings (SSSR count). The average molecular weight is 291 g/mol. The number of hydrogen-bond acceptors (Lipinski definition) is 6. The molecule has 0 spiro atoms. The predicted octanol–water partition coefficient (Wildman–Crippen LogP) is 1.43. The molecule has 0 bridgehead atoms. The zero-order valence-electron chi connectivity index (χ0n) is 11.3. The third kappa shape index (κ3) is 2.29. The number of nitrogens with zero attached hydrogens (tertiary/aromatic N) is 3. The van der Waals surface area contributed by atoms with Crippen molar-refractivity contribution in [1.82, 2.24) is 9.97 Å². The maximum absolute atomic E-state index is 11.4. The van der Waals surface area contributed by atoms with Crippen LogP contribution >= 0.6 is 11.3 Å². The lowest BCUT2D eigenvalue weighted by Crippen LogP contribution is -2.41. The first-order valence-corrected chi connectivity index (χ1v) is 7.54. The molecule has 1 aliphatic heterocycles. The van der Waals surface area contributed by atoms with Gasteiger partial charge in [-0.25, -0.2) is 4.98 Å². The van der Waals surface area contributed by atoms with Crippen molar-refractivity contribution in [2.45, 2.75) is 12.8 Å². The molecule has 20 heavy (non-hydrogen) atoms. The summed E-state index contributed by atoms with van der Waals surface area (Å²) in [6.45, 7) is 1.54. The Kier molecular flexibility index (Phi) is 3.43. The molecule has 3 heterocycles. The highest BCUT2D eigenvalue weighted by atomic mass is 32.1. The molecule has 2 aromatic heterocycles. The van der Waals surface area contributed by atoms with E-state index in [1.165, 1.54) is 0 Å². The number of carbonyl (C=O) groups is 1. The Labute approximate surface area is 121 Å². The number of fused-ring (bicyclic) bond motifs is 1. The summed E-state index contributed by atoms with van der Waals surface area (Å²) < 4.78 is 0. The molecule has 1 atom stereocenters. The molecule has 0 radical (unpaired) electrons. The van der Waals surface area contributed by atoms with E-state index in [1.807, 2.05) is 11.4 Å². The van der Waals surface area contributed by atoms with Gasteiger partial charge in [0.05, 0.1) is 11.3 Å². The van der Waals surface area contributed by atoms with Crippen molar-refractivity contribution < 1.29 is 4.79 Å². The van der Waals surface area contributed by atoms with E-state index in [0.29, 0.717) is 12.5 Å². The fraction of sp³-hybridized carbons (Fsp3) is 0.462. The van der Waals surface area contributed by atoms with Gasteiger partial charge in [0.25, 0.3) is 0 Å². The lowest BCUT2D eigenvalue weighted by molar-refractivity contribution is -0.122. The zero-order valence-corrected chi connectivity index (χ0v) is 12.1. The van der Waals surface area contributed by atoms with Crippen LogP contribution in [0.5, 0.6) is 0 Å². The quantitative estimate of drug-likeness (QED) is 0.894. The molecule has 6 nitrogen and oxygen atoms in total. The molecular formula is C13H17N5OS. The normalized spacial score (nSPS) is 19.2. The number of nitrogens with two attached hydrogens (primary N) is 1. The summed E-state index contributed by atoms with van der Waals surface area (Å²) in [5.74, 6) is 1.19. The fourth-order valence-corrected chi connectivity index (χ4v) is 3.35. The molecule has 2 aromatic rings. The summed E-state index contributed by atoms with van der Waals surface area (Å²) in [5, 5.41) is 6.04. The first-order chi connectivity index (χ1) is 9.69. The number of aromatic nitrogens is 2. The minimum Gasteiger partial charge on any atom is -0.369 e. The van der Waals surface area contributed by atoms with Gasteiger partial charge in [-0.3, -0.25) is 4.79 Å². The Morgan fingerprint density at radius 1 is 1.55 bits per heavy atom. The minimum atomic E-state index is -0.223. The first kappa shape index (κ1) is 13.1. The number of thiophene rings is 1. The van der Waals surface area contributed by atoms with Gasteiger partial charge in [0.1, 0.15) is 10.6 Å². The average Bonchev–Trinajstić information content (AvgIpc) is 2.94. The van der Waals surface area contributed by atoms with Crippen molar-refractivity contribution in [2.75, 3.05) is 30.4 Å². The Morgan fingerprint density at radius 2 is 2.40 bits per heavy atom. The highest BCUT2D eigenvalue weighted by molar-refractivity contribution is 7.16. The SMILES string of the molecule is CNc1nc(N2CCCC(C(N)=O)C2)c2ccsc2n1. The lowest BCUT2D eigenvalue weighted by atomic mass is 9.97. The summed E-state index contributed by atoms with van der Waals surface area (Å²) in [6, 6.07) is 2.03. The summed E-state index contributed by atoms with van der Waals surface area (Å²) in [7, 11) is 1.81. The van der Waals surface area contributed by atoms with Crippen LogP contribution in [0.3, 0.4) is 0 Å². The van der Waals surface area contributed by atoms with Gasteiger partial charge in [-0.2, -0.15) is 4.98 Å². The fourth-order valence-electron chi connectivity index (χ4n) is 2.59. The van der Waals surface area contributed by atoms with Gasteiger partial charge in [-0.1, -0.05) is 0 Å². The third-order valence-electron chi connectivity index (χ3n) is 3.65. The molecule has 1 unspecified atom stereocenters. The van der Waals surface area contributed by atoms with E-state index in [-0.39, 0.29) is 11.8 Å². The summed E-state index contributed by atoms with van der Waals surface area (Å²) in [5.41, 5.74) is 5.45. The Morgan fingerprint density at radius 3 is 3.15 bits per heavy atom. The maximum Gasteiger partial charge on any atom is 0.225 e. The zero-order chi connectivity index (χ0) is 14.1. The minimum absolute atomic E-state index is 0.0922. The number of nitrogens with one attached hydrogen (secondary N) is 1. The van der Waals surface area contributed by atoms with Crippen LogP contribution in [0.4, 0.5) is 11.8 Å². The molecule has 1 amide bonds. The Hall–Kier alpha value is -1.89. The molecule has 0 saturated carbocycles. The first-order valence-electron chi connectivity index (χ1n) is 6.66. The molecule has 0 aliphatic carbocycles. The standard InChI is InChI=1S/C13H17N5OS/c1-15-13-16-11(9-4-6-20-12(9)17-13)18-5-2-3-8(7-18)10(14)19/h4,6,8H,2-3,5,7H2,1H3,(H2,14,19)(H,15,16,17). The Bertz CT molecular complexity index is 641. The van der Waals surface area contributed by atoms with E-state index < -0.39 is 0 Å². The van der Waals surface area contributed by atoms with E-state index >= 15 is 0 Å². The van der Waals surface area contributed by atoms with Crippen LogP contribution in [0.1, 0.15) is 12.8 Å². The van der Waals surface area contributed by atoms with E-state index in [9.17, 15) is 4.79 Å². The van der Waals surface area contributed by atoms with Crippen molar-refractivity contribution >= 4 is 39.2 Å². The van der Waals surface area contributed by atoms with E-state index in [4.69, 9.17) is 5.73 Å². The van der Waals surface area contributed by atoms with Crippen molar-refractivity contribution in [3.05, 3.63) is 11.4 Å². The van der Waals surface area contributed by atoms with Crippen LogP contribution in [-0.4, -0.2) is 36.0 Å². The van der Waals surface area contributed by atoms with Crippen LogP contribution in [-0.2, 0) is 4.79 Å². The van der Waals surface area contributed by atoms with Crippen LogP contribution in [0.2, 0.25) is 0 Å². The van der Waals surface area contributed by atoms with Gasteiger partial charge < -0.3 is 16.0 Å². The molecular weight excluding hydrogens is 274 g/mol. The van der Waals surface area contributed by atoms with Crippen LogP contribution < -0.4 is 16.0 Å².